The first-order valence-corrected chi connectivity index (χ1v) is 7.85. The van der Waals surface area contributed by atoms with Crippen LogP contribution in [0.5, 0.6) is 0 Å². The van der Waals surface area contributed by atoms with Crippen LogP contribution in [0.15, 0.2) is 48.5 Å². The van der Waals surface area contributed by atoms with Crippen molar-refractivity contribution in [3.05, 3.63) is 83.6 Å². The van der Waals surface area contributed by atoms with Gasteiger partial charge in [0.25, 0.3) is 0 Å². The number of H-pyrrole nitrogens is 2. The van der Waals surface area contributed by atoms with Crippen molar-refractivity contribution < 1.29 is 16.8 Å². The van der Waals surface area contributed by atoms with E-state index in [0.717, 1.165) is 44.8 Å². The van der Waals surface area contributed by atoms with Crippen molar-refractivity contribution in [1.29, 1.82) is 0 Å². The Balaban J connectivity index is 0.000000871. The van der Waals surface area contributed by atoms with Gasteiger partial charge in [0.1, 0.15) is 0 Å². The third-order valence-electron chi connectivity index (χ3n) is 4.04. The first-order chi connectivity index (χ1) is 11.8. The molecule has 7 heteroatoms. The molecule has 0 saturated carbocycles. The van der Waals surface area contributed by atoms with E-state index < -0.39 is 0 Å². The first-order valence-electron chi connectivity index (χ1n) is 7.85. The predicted molar refractivity (Wildman–Crippen MR) is 109 cm³/mol. The fourth-order valence-electron chi connectivity index (χ4n) is 2.94. The minimum atomic E-state index is 0. The first kappa shape index (κ1) is 20.3. The van der Waals surface area contributed by atoms with Crippen LogP contribution in [-0.4, -0.2) is 19.9 Å². The maximum atomic E-state index is 4.62. The molecule has 2 aliphatic heterocycles. The molecule has 3 aromatic heterocycles. The maximum absolute atomic E-state index is 4.62. The van der Waals surface area contributed by atoms with Gasteiger partial charge in [-0.2, -0.15) is 0 Å². The summed E-state index contributed by atoms with van der Waals surface area (Å²) in [6.07, 6.45) is 8.05. The average Bonchev–Trinajstić information content (AvgIpc) is 3.32. The van der Waals surface area contributed by atoms with E-state index in [1.165, 1.54) is 0 Å². The molecule has 6 N–H and O–H groups in total. The second-order valence-electron chi connectivity index (χ2n) is 5.91. The predicted octanol–water partition coefficient (Wildman–Crippen LogP) is 6.09. The standard InChI is InChI=1S/C20H14N4.Co.2H2N/c1-2-14-10-16-5-6-18(23-16)12-20-8-7-19(24-20)11-17-4-3-15(22-17)9-13(1)21-14;;;/h1-12,21-22H;;2*1H2/q;+2;2*-1. The Morgan fingerprint density at radius 1 is 0.481 bits per heavy atom. The van der Waals surface area contributed by atoms with Crippen LogP contribution in [-0.2, 0) is 16.8 Å². The van der Waals surface area contributed by atoms with E-state index in [1.54, 1.807) is 0 Å². The van der Waals surface area contributed by atoms with Gasteiger partial charge in [-0.1, -0.05) is 0 Å². The van der Waals surface area contributed by atoms with Gasteiger partial charge in [-0.15, -0.1) is 0 Å². The van der Waals surface area contributed by atoms with Crippen molar-refractivity contribution in [3.63, 3.8) is 0 Å². The van der Waals surface area contributed by atoms with Crippen LogP contribution in [0.2, 0.25) is 0 Å². The van der Waals surface area contributed by atoms with Gasteiger partial charge >= 0.3 is 16.8 Å². The number of aromatic nitrogens is 4. The van der Waals surface area contributed by atoms with Gasteiger partial charge in [0, 0.05) is 22.1 Å². The summed E-state index contributed by atoms with van der Waals surface area (Å²) in [5.74, 6) is 0. The molecular formula is C20H18CoN6. The zero-order valence-corrected chi connectivity index (χ0v) is 15.4. The largest absolute Gasteiger partial charge is 2.00 e. The van der Waals surface area contributed by atoms with Gasteiger partial charge in [-0.25, -0.2) is 9.97 Å². The van der Waals surface area contributed by atoms with E-state index in [0.29, 0.717) is 0 Å². The normalized spacial score (nSPS) is 11.3. The fourth-order valence-corrected chi connectivity index (χ4v) is 2.94. The van der Waals surface area contributed by atoms with Gasteiger partial charge in [-0.05, 0) is 72.8 Å². The number of hydrogen-bond donors (Lipinski definition) is 2. The van der Waals surface area contributed by atoms with Crippen LogP contribution >= 0.6 is 0 Å². The van der Waals surface area contributed by atoms with Crippen LogP contribution in [0.4, 0.5) is 0 Å². The second kappa shape index (κ2) is 8.15. The molecule has 0 saturated heterocycles. The molecule has 0 atom stereocenters. The summed E-state index contributed by atoms with van der Waals surface area (Å²) >= 11 is 0. The molecule has 1 radical (unpaired) electrons. The monoisotopic (exact) mass is 401 g/mol. The van der Waals surface area contributed by atoms with E-state index in [-0.39, 0.29) is 29.1 Å². The number of aromatic amines is 2. The number of rotatable bonds is 0. The molecule has 0 fully saturated rings. The molecule has 137 valence electrons. The third-order valence-corrected chi connectivity index (χ3v) is 4.04. The van der Waals surface area contributed by atoms with E-state index >= 15 is 0 Å². The summed E-state index contributed by atoms with van der Waals surface area (Å²) in [4.78, 5) is 16.0. The average molecular weight is 401 g/mol. The van der Waals surface area contributed by atoms with Crippen molar-refractivity contribution >= 4 is 46.4 Å². The van der Waals surface area contributed by atoms with Crippen molar-refractivity contribution in [2.45, 2.75) is 0 Å². The number of nitrogens with zero attached hydrogens (tertiary/aromatic N) is 2. The topological polar surface area (TPSA) is 124 Å². The summed E-state index contributed by atoms with van der Waals surface area (Å²) in [7, 11) is 0. The summed E-state index contributed by atoms with van der Waals surface area (Å²) < 4.78 is 0. The molecule has 0 aliphatic carbocycles. The van der Waals surface area contributed by atoms with Gasteiger partial charge in [0.05, 0.1) is 22.8 Å². The Hall–Kier alpha value is -2.97. The number of nitrogens with one attached hydrogen (secondary N) is 2. The molecule has 0 spiro atoms. The minimum absolute atomic E-state index is 0. The number of nitrogens with two attached hydrogens (primary N) is 2. The Labute approximate surface area is 166 Å². The summed E-state index contributed by atoms with van der Waals surface area (Å²) in [6.45, 7) is 0. The fraction of sp³-hybridized carbons (Fsp3) is 0. The SMILES string of the molecule is C1=Cc2cc3ccc(cc4ccc(cc5nc(cc1n2)C=C5)[nH]4)[nH]3.[Co+2].[NH2-].[NH2-]. The maximum Gasteiger partial charge on any atom is 2.00 e. The Morgan fingerprint density at radius 3 is 1.22 bits per heavy atom. The van der Waals surface area contributed by atoms with Crippen LogP contribution in [0, 0.1) is 0 Å². The quantitative estimate of drug-likeness (QED) is 0.326. The van der Waals surface area contributed by atoms with Gasteiger partial charge in [0.15, 0.2) is 0 Å². The van der Waals surface area contributed by atoms with Crippen molar-refractivity contribution in [2.75, 3.05) is 0 Å². The van der Waals surface area contributed by atoms with E-state index in [4.69, 9.17) is 0 Å². The van der Waals surface area contributed by atoms with E-state index in [2.05, 4.69) is 50.3 Å². The molecule has 0 aromatic carbocycles. The molecule has 3 aromatic rings. The number of fused-ring (bicyclic) bond motifs is 8. The van der Waals surface area contributed by atoms with Gasteiger partial charge in [-0.3, -0.25) is 0 Å². The Morgan fingerprint density at radius 2 is 0.815 bits per heavy atom. The van der Waals surface area contributed by atoms with Crippen molar-refractivity contribution in [3.8, 4) is 0 Å². The van der Waals surface area contributed by atoms with Gasteiger partial charge < -0.3 is 22.3 Å². The smallest absolute Gasteiger partial charge is 0.693 e. The van der Waals surface area contributed by atoms with Crippen molar-refractivity contribution in [1.82, 2.24) is 19.9 Å². The Kier molecular flexibility index (Phi) is 6.14. The molecule has 6 nitrogen and oxygen atoms in total. The van der Waals surface area contributed by atoms with E-state index in [9.17, 15) is 0 Å². The second-order valence-corrected chi connectivity index (χ2v) is 5.91. The van der Waals surface area contributed by atoms with Gasteiger partial charge in [0.2, 0.25) is 0 Å². The zero-order valence-electron chi connectivity index (χ0n) is 14.3. The Bertz CT molecular complexity index is 1080. The summed E-state index contributed by atoms with van der Waals surface area (Å²) in [5.41, 5.74) is 7.86. The minimum Gasteiger partial charge on any atom is -0.693 e. The van der Waals surface area contributed by atoms with E-state index in [1.807, 2.05) is 42.5 Å². The molecule has 0 amide bonds. The van der Waals surface area contributed by atoms with Crippen LogP contribution in [0.25, 0.3) is 58.7 Å². The van der Waals surface area contributed by atoms with Crippen LogP contribution < -0.4 is 0 Å². The molecule has 2 aliphatic rings. The molecular weight excluding hydrogens is 383 g/mol. The summed E-state index contributed by atoms with van der Waals surface area (Å²) in [6, 6.07) is 16.4. The third kappa shape index (κ3) is 4.24. The zero-order chi connectivity index (χ0) is 15.9. The van der Waals surface area contributed by atoms with Crippen LogP contribution in [0.1, 0.15) is 22.8 Å². The molecule has 0 unspecified atom stereocenters. The molecule has 5 rings (SSSR count). The molecule has 5 heterocycles. The van der Waals surface area contributed by atoms with Crippen LogP contribution in [0.3, 0.4) is 0 Å². The molecule has 27 heavy (non-hydrogen) atoms. The van der Waals surface area contributed by atoms with Crippen molar-refractivity contribution in [2.24, 2.45) is 0 Å². The summed E-state index contributed by atoms with van der Waals surface area (Å²) in [5, 5.41) is 0. The molecule has 8 bridgehead atoms. The number of hydrogen-bond acceptors (Lipinski definition) is 2.